The van der Waals surface area contributed by atoms with Crippen molar-refractivity contribution in [2.45, 2.75) is 57.6 Å². The van der Waals surface area contributed by atoms with E-state index in [1.807, 2.05) is 7.11 Å². The Morgan fingerprint density at radius 1 is 1.56 bits per heavy atom. The minimum Gasteiger partial charge on any atom is -0.378 e. The molecule has 1 aliphatic carbocycles. The second kappa shape index (κ2) is 6.13. The molecule has 3 nitrogen and oxygen atoms in total. The first-order chi connectivity index (χ1) is 8.67. The second-order valence-corrected chi connectivity index (χ2v) is 6.23. The number of ether oxygens (including phenoxy) is 1. The fraction of sp³-hybridized carbons (Fsp3) is 0.786. The average molecular weight is 268 g/mol. The molecule has 1 fully saturated rings. The molecular weight excluding hydrogens is 244 g/mol. The summed E-state index contributed by atoms with van der Waals surface area (Å²) in [4.78, 5) is 4.57. The van der Waals surface area contributed by atoms with Crippen LogP contribution < -0.4 is 5.32 Å². The molecule has 0 bridgehead atoms. The summed E-state index contributed by atoms with van der Waals surface area (Å²) in [5.41, 5.74) is 1.27. The largest absolute Gasteiger partial charge is 0.378 e. The number of aryl methyl sites for hydroxylation is 1. The monoisotopic (exact) mass is 268 g/mol. The number of aromatic nitrogens is 1. The fourth-order valence-corrected chi connectivity index (χ4v) is 3.58. The van der Waals surface area contributed by atoms with Gasteiger partial charge in [-0.05, 0) is 39.2 Å². The number of hydrogen-bond acceptors (Lipinski definition) is 4. The Labute approximate surface area is 114 Å². The van der Waals surface area contributed by atoms with E-state index in [0.29, 0.717) is 6.04 Å². The molecule has 0 aliphatic heterocycles. The Hall–Kier alpha value is -0.450. The molecule has 1 aromatic rings. The summed E-state index contributed by atoms with van der Waals surface area (Å²) in [7, 11) is 1.86. The zero-order chi connectivity index (χ0) is 13.0. The first-order valence-electron chi connectivity index (χ1n) is 6.87. The highest BCUT2D eigenvalue weighted by molar-refractivity contribution is 7.09. The molecule has 0 aromatic carbocycles. The van der Waals surface area contributed by atoms with Crippen molar-refractivity contribution in [3.8, 4) is 0 Å². The molecule has 1 saturated carbocycles. The first kappa shape index (κ1) is 14.0. The highest BCUT2D eigenvalue weighted by Gasteiger charge is 2.38. The molecule has 0 amide bonds. The summed E-state index contributed by atoms with van der Waals surface area (Å²) in [5.74, 6) is 0. The van der Waals surface area contributed by atoms with E-state index < -0.39 is 0 Å². The number of hydrogen-bond donors (Lipinski definition) is 1. The van der Waals surface area contributed by atoms with E-state index in [-0.39, 0.29) is 5.60 Å². The van der Waals surface area contributed by atoms with E-state index in [1.165, 1.54) is 24.3 Å². The van der Waals surface area contributed by atoms with Crippen molar-refractivity contribution in [1.29, 1.82) is 0 Å². The van der Waals surface area contributed by atoms with Gasteiger partial charge in [0.25, 0.3) is 0 Å². The van der Waals surface area contributed by atoms with Crippen molar-refractivity contribution < 1.29 is 4.74 Å². The maximum absolute atomic E-state index is 5.74. The predicted molar refractivity (Wildman–Crippen MR) is 76.2 cm³/mol. The molecule has 0 spiro atoms. The molecule has 1 aliphatic rings. The van der Waals surface area contributed by atoms with Gasteiger partial charge in [-0.3, -0.25) is 0 Å². The van der Waals surface area contributed by atoms with Crippen LogP contribution in [0.4, 0.5) is 0 Å². The first-order valence-corrected chi connectivity index (χ1v) is 7.75. The third-order valence-corrected chi connectivity index (χ3v) is 4.89. The van der Waals surface area contributed by atoms with Crippen LogP contribution in [0.2, 0.25) is 0 Å². The van der Waals surface area contributed by atoms with E-state index in [2.05, 4.69) is 29.5 Å². The summed E-state index contributed by atoms with van der Waals surface area (Å²) >= 11 is 1.77. The lowest BCUT2D eigenvalue weighted by Gasteiger charge is -2.43. The third kappa shape index (κ3) is 3.31. The minimum atomic E-state index is 0.138. The van der Waals surface area contributed by atoms with Crippen molar-refractivity contribution >= 4 is 11.3 Å². The SMILES string of the molecule is CCNC(Cc1nc(C)cs1)CC1(OC)CCC1. The van der Waals surface area contributed by atoms with Gasteiger partial charge in [0.2, 0.25) is 0 Å². The lowest BCUT2D eigenvalue weighted by molar-refractivity contribution is -0.0833. The molecule has 2 rings (SSSR count). The summed E-state index contributed by atoms with van der Waals surface area (Å²) in [6.45, 7) is 5.24. The van der Waals surface area contributed by atoms with Gasteiger partial charge in [0.1, 0.15) is 0 Å². The molecule has 1 aromatic heterocycles. The van der Waals surface area contributed by atoms with Crippen LogP contribution in [-0.2, 0) is 11.2 Å². The molecule has 0 saturated heterocycles. The fourth-order valence-electron chi connectivity index (χ4n) is 2.72. The number of nitrogens with one attached hydrogen (secondary N) is 1. The van der Waals surface area contributed by atoms with Crippen molar-refractivity contribution in [3.05, 3.63) is 16.1 Å². The van der Waals surface area contributed by atoms with Crippen LogP contribution in [0.5, 0.6) is 0 Å². The van der Waals surface area contributed by atoms with E-state index >= 15 is 0 Å². The molecule has 1 atom stereocenters. The summed E-state index contributed by atoms with van der Waals surface area (Å²) in [6, 6.07) is 0.487. The van der Waals surface area contributed by atoms with Crippen LogP contribution in [0, 0.1) is 6.92 Å². The zero-order valence-corrected chi connectivity index (χ0v) is 12.5. The van der Waals surface area contributed by atoms with E-state index in [9.17, 15) is 0 Å². The molecule has 102 valence electrons. The van der Waals surface area contributed by atoms with Crippen LogP contribution >= 0.6 is 11.3 Å². The summed E-state index contributed by atoms with van der Waals surface area (Å²) in [6.07, 6.45) is 5.86. The number of rotatable bonds is 7. The Bertz CT molecular complexity index is 368. The summed E-state index contributed by atoms with van der Waals surface area (Å²) in [5, 5.41) is 6.96. The molecule has 0 radical (unpaired) electrons. The van der Waals surface area contributed by atoms with Crippen molar-refractivity contribution in [1.82, 2.24) is 10.3 Å². The highest BCUT2D eigenvalue weighted by atomic mass is 32.1. The Kier molecular flexibility index (Phi) is 4.76. The molecule has 18 heavy (non-hydrogen) atoms. The maximum atomic E-state index is 5.74. The average Bonchev–Trinajstić information content (AvgIpc) is 2.69. The number of thiazole rings is 1. The van der Waals surface area contributed by atoms with Gasteiger partial charge in [-0.25, -0.2) is 4.98 Å². The zero-order valence-electron chi connectivity index (χ0n) is 11.7. The van der Waals surface area contributed by atoms with Crippen LogP contribution in [0.15, 0.2) is 5.38 Å². The number of methoxy groups -OCH3 is 1. The molecule has 1 heterocycles. The topological polar surface area (TPSA) is 34.2 Å². The Morgan fingerprint density at radius 3 is 2.78 bits per heavy atom. The molecular formula is C14H24N2OS. The van der Waals surface area contributed by atoms with E-state index in [0.717, 1.165) is 25.1 Å². The highest BCUT2D eigenvalue weighted by Crippen LogP contribution is 2.39. The standard InChI is InChI=1S/C14H24N2OS/c1-4-15-12(8-13-16-11(2)10-18-13)9-14(17-3)6-5-7-14/h10,12,15H,4-9H2,1-3H3. The van der Waals surface area contributed by atoms with Gasteiger partial charge >= 0.3 is 0 Å². The quantitative estimate of drug-likeness (QED) is 0.825. The van der Waals surface area contributed by atoms with Gasteiger partial charge in [-0.1, -0.05) is 6.92 Å². The second-order valence-electron chi connectivity index (χ2n) is 5.29. The van der Waals surface area contributed by atoms with Crippen LogP contribution in [-0.4, -0.2) is 30.3 Å². The van der Waals surface area contributed by atoms with Gasteiger partial charge in [-0.15, -0.1) is 11.3 Å². The van der Waals surface area contributed by atoms with Gasteiger partial charge in [-0.2, -0.15) is 0 Å². The number of nitrogens with zero attached hydrogens (tertiary/aromatic N) is 1. The lowest BCUT2D eigenvalue weighted by atomic mass is 9.75. The van der Waals surface area contributed by atoms with Gasteiger partial charge in [0.15, 0.2) is 0 Å². The van der Waals surface area contributed by atoms with Gasteiger partial charge in [0.05, 0.1) is 10.6 Å². The van der Waals surface area contributed by atoms with Gasteiger partial charge < -0.3 is 10.1 Å². The van der Waals surface area contributed by atoms with Crippen molar-refractivity contribution in [3.63, 3.8) is 0 Å². The van der Waals surface area contributed by atoms with Crippen LogP contribution in [0.1, 0.15) is 43.3 Å². The van der Waals surface area contributed by atoms with E-state index in [1.54, 1.807) is 11.3 Å². The van der Waals surface area contributed by atoms with E-state index in [4.69, 9.17) is 4.74 Å². The molecule has 1 unspecified atom stereocenters. The van der Waals surface area contributed by atoms with Gasteiger partial charge in [0, 0.05) is 30.6 Å². The molecule has 1 N–H and O–H groups in total. The predicted octanol–water partition coefficient (Wildman–Crippen LogP) is 2.93. The van der Waals surface area contributed by atoms with Crippen LogP contribution in [0.25, 0.3) is 0 Å². The normalized spacial score (nSPS) is 19.5. The summed E-state index contributed by atoms with van der Waals surface area (Å²) < 4.78 is 5.74. The Morgan fingerprint density at radius 2 is 2.33 bits per heavy atom. The van der Waals surface area contributed by atoms with Crippen LogP contribution in [0.3, 0.4) is 0 Å². The third-order valence-electron chi connectivity index (χ3n) is 3.90. The minimum absolute atomic E-state index is 0.138. The maximum Gasteiger partial charge on any atom is 0.0943 e. The molecule has 4 heteroatoms. The van der Waals surface area contributed by atoms with Crippen molar-refractivity contribution in [2.75, 3.05) is 13.7 Å². The smallest absolute Gasteiger partial charge is 0.0943 e. The number of likely N-dealkylation sites (N-methyl/N-ethyl adjacent to an activating group) is 1. The van der Waals surface area contributed by atoms with Crippen molar-refractivity contribution in [2.24, 2.45) is 0 Å². The lowest BCUT2D eigenvalue weighted by Crippen LogP contribution is -2.46. The Balaban J connectivity index is 1.95.